The first-order chi connectivity index (χ1) is 6.45. The second-order valence-corrected chi connectivity index (χ2v) is 4.63. The van der Waals surface area contributed by atoms with Gasteiger partial charge in [0.25, 0.3) is 0 Å². The minimum atomic E-state index is -0.903. The first-order valence-corrected chi connectivity index (χ1v) is 5.23. The van der Waals surface area contributed by atoms with Crippen molar-refractivity contribution < 1.29 is 5.11 Å². The average Bonchev–Trinajstić information content (AvgIpc) is 2.07. The smallest absolute Gasteiger partial charge is 0.138 e. The number of rotatable bonds is 2. The van der Waals surface area contributed by atoms with Crippen LogP contribution in [0.25, 0.3) is 0 Å². The molecule has 0 spiro atoms. The van der Waals surface area contributed by atoms with Gasteiger partial charge in [0.15, 0.2) is 0 Å². The quantitative estimate of drug-likeness (QED) is 0.624. The third-order valence-corrected chi connectivity index (χ3v) is 2.89. The molecule has 0 aromatic heterocycles. The molecule has 74 valence electrons. The van der Waals surface area contributed by atoms with Crippen LogP contribution >= 0.6 is 23.4 Å². The Morgan fingerprint density at radius 3 is 2.57 bits per heavy atom. The fourth-order valence-corrected chi connectivity index (χ4v) is 1.70. The van der Waals surface area contributed by atoms with Crippen molar-refractivity contribution in [3.05, 3.63) is 28.8 Å². The van der Waals surface area contributed by atoms with E-state index in [0.717, 1.165) is 17.3 Å². The zero-order chi connectivity index (χ0) is 10.8. The first-order valence-electron chi connectivity index (χ1n) is 4.03. The van der Waals surface area contributed by atoms with E-state index >= 15 is 0 Å². The SMILES string of the molecule is CC(C)(O)c1ccc(SC#N)c(Cl)c1. The Bertz CT molecular complexity index is 379. The second-order valence-electron chi connectivity index (χ2n) is 3.40. The molecule has 4 heteroatoms. The summed E-state index contributed by atoms with van der Waals surface area (Å²) in [6.07, 6.45) is 0. The molecule has 0 saturated carbocycles. The van der Waals surface area contributed by atoms with E-state index in [4.69, 9.17) is 16.9 Å². The molecule has 0 aliphatic heterocycles. The van der Waals surface area contributed by atoms with Crippen LogP contribution in [0.1, 0.15) is 19.4 Å². The third-order valence-electron chi connectivity index (χ3n) is 1.79. The number of thioether (sulfide) groups is 1. The molecule has 1 rings (SSSR count). The highest BCUT2D eigenvalue weighted by atomic mass is 35.5. The van der Waals surface area contributed by atoms with Gasteiger partial charge in [-0.15, -0.1) is 0 Å². The van der Waals surface area contributed by atoms with Crippen molar-refractivity contribution in [3.63, 3.8) is 0 Å². The van der Waals surface area contributed by atoms with Crippen molar-refractivity contribution in [2.45, 2.75) is 24.3 Å². The van der Waals surface area contributed by atoms with Crippen molar-refractivity contribution in [3.8, 4) is 5.40 Å². The van der Waals surface area contributed by atoms with Gasteiger partial charge < -0.3 is 5.11 Å². The Labute approximate surface area is 92.5 Å². The minimum Gasteiger partial charge on any atom is -0.386 e. The Balaban J connectivity index is 3.08. The molecule has 0 saturated heterocycles. The van der Waals surface area contributed by atoms with Gasteiger partial charge in [-0.05, 0) is 43.3 Å². The maximum atomic E-state index is 9.70. The lowest BCUT2D eigenvalue weighted by molar-refractivity contribution is 0.0785. The number of nitriles is 1. The maximum Gasteiger partial charge on any atom is 0.138 e. The summed E-state index contributed by atoms with van der Waals surface area (Å²) < 4.78 is 0. The first kappa shape index (κ1) is 11.4. The summed E-state index contributed by atoms with van der Waals surface area (Å²) in [6, 6.07) is 5.19. The van der Waals surface area contributed by atoms with Gasteiger partial charge in [0.2, 0.25) is 0 Å². The summed E-state index contributed by atoms with van der Waals surface area (Å²) >= 11 is 6.94. The number of nitrogens with zero attached hydrogens (tertiary/aromatic N) is 1. The van der Waals surface area contributed by atoms with Crippen molar-refractivity contribution in [1.82, 2.24) is 0 Å². The number of hydrogen-bond donors (Lipinski definition) is 1. The van der Waals surface area contributed by atoms with E-state index in [1.54, 1.807) is 32.0 Å². The molecular formula is C10H10ClNOS. The van der Waals surface area contributed by atoms with E-state index in [1.807, 2.05) is 5.40 Å². The van der Waals surface area contributed by atoms with Crippen molar-refractivity contribution in [2.75, 3.05) is 0 Å². The number of benzene rings is 1. The molecule has 0 aliphatic rings. The summed E-state index contributed by atoms with van der Waals surface area (Å²) in [5.74, 6) is 0. The van der Waals surface area contributed by atoms with E-state index in [0.29, 0.717) is 9.92 Å². The van der Waals surface area contributed by atoms with Gasteiger partial charge in [-0.2, -0.15) is 5.26 Å². The van der Waals surface area contributed by atoms with E-state index in [9.17, 15) is 5.11 Å². The molecule has 1 N–H and O–H groups in total. The second kappa shape index (κ2) is 4.22. The fourth-order valence-electron chi connectivity index (χ4n) is 1.01. The summed E-state index contributed by atoms with van der Waals surface area (Å²) in [7, 11) is 0. The molecule has 14 heavy (non-hydrogen) atoms. The molecular weight excluding hydrogens is 218 g/mol. The minimum absolute atomic E-state index is 0.496. The van der Waals surface area contributed by atoms with Crippen LogP contribution in [0.15, 0.2) is 23.1 Å². The van der Waals surface area contributed by atoms with Gasteiger partial charge in [-0.3, -0.25) is 0 Å². The zero-order valence-electron chi connectivity index (χ0n) is 7.91. The van der Waals surface area contributed by atoms with E-state index in [-0.39, 0.29) is 0 Å². The Morgan fingerprint density at radius 2 is 2.14 bits per heavy atom. The van der Waals surface area contributed by atoms with Gasteiger partial charge in [-0.1, -0.05) is 17.7 Å². The number of aliphatic hydroxyl groups is 1. The Kier molecular flexibility index (Phi) is 3.43. The molecule has 1 aromatic rings. The van der Waals surface area contributed by atoms with Crippen LogP contribution in [0.3, 0.4) is 0 Å². The third kappa shape index (κ3) is 2.65. The van der Waals surface area contributed by atoms with E-state index in [2.05, 4.69) is 0 Å². The fraction of sp³-hybridized carbons (Fsp3) is 0.300. The van der Waals surface area contributed by atoms with Gasteiger partial charge in [0.05, 0.1) is 10.6 Å². The summed E-state index contributed by atoms with van der Waals surface area (Å²) in [5.41, 5.74) is -0.163. The predicted molar refractivity (Wildman–Crippen MR) is 58.2 cm³/mol. The highest BCUT2D eigenvalue weighted by molar-refractivity contribution is 8.03. The van der Waals surface area contributed by atoms with Gasteiger partial charge in [0, 0.05) is 4.90 Å². The number of halogens is 1. The maximum absolute atomic E-state index is 9.70. The van der Waals surface area contributed by atoms with Crippen LogP contribution in [0.5, 0.6) is 0 Å². The van der Waals surface area contributed by atoms with E-state index in [1.165, 1.54) is 0 Å². The monoisotopic (exact) mass is 227 g/mol. The molecule has 0 fully saturated rings. The van der Waals surface area contributed by atoms with Gasteiger partial charge in [-0.25, -0.2) is 0 Å². The van der Waals surface area contributed by atoms with Gasteiger partial charge in [0.1, 0.15) is 5.40 Å². The predicted octanol–water partition coefficient (Wildman–Crippen LogP) is 3.14. The van der Waals surface area contributed by atoms with Crippen molar-refractivity contribution in [2.24, 2.45) is 0 Å². The molecule has 0 atom stereocenters. The molecule has 0 heterocycles. The average molecular weight is 228 g/mol. The molecule has 0 unspecified atom stereocenters. The summed E-state index contributed by atoms with van der Waals surface area (Å²) in [4.78, 5) is 0.710. The van der Waals surface area contributed by atoms with Crippen LogP contribution in [0.4, 0.5) is 0 Å². The van der Waals surface area contributed by atoms with Crippen molar-refractivity contribution >= 4 is 23.4 Å². The zero-order valence-corrected chi connectivity index (χ0v) is 9.49. The van der Waals surface area contributed by atoms with Crippen LogP contribution < -0.4 is 0 Å². The summed E-state index contributed by atoms with van der Waals surface area (Å²) in [6.45, 7) is 3.38. The van der Waals surface area contributed by atoms with Crippen LogP contribution in [-0.4, -0.2) is 5.11 Å². The number of thiocyanates is 1. The van der Waals surface area contributed by atoms with Gasteiger partial charge >= 0.3 is 0 Å². The Morgan fingerprint density at radius 1 is 1.50 bits per heavy atom. The largest absolute Gasteiger partial charge is 0.386 e. The molecule has 2 nitrogen and oxygen atoms in total. The Hall–Kier alpha value is -0.690. The molecule has 1 aromatic carbocycles. The van der Waals surface area contributed by atoms with Crippen LogP contribution in [0, 0.1) is 10.7 Å². The highest BCUT2D eigenvalue weighted by Gasteiger charge is 2.16. The van der Waals surface area contributed by atoms with Crippen LogP contribution in [0.2, 0.25) is 5.02 Å². The lowest BCUT2D eigenvalue weighted by Gasteiger charge is -2.18. The van der Waals surface area contributed by atoms with E-state index < -0.39 is 5.60 Å². The number of hydrogen-bond acceptors (Lipinski definition) is 3. The lowest BCUT2D eigenvalue weighted by Crippen LogP contribution is -2.15. The van der Waals surface area contributed by atoms with Crippen molar-refractivity contribution in [1.29, 1.82) is 5.26 Å². The molecule has 0 bridgehead atoms. The molecule has 0 radical (unpaired) electrons. The lowest BCUT2D eigenvalue weighted by atomic mass is 9.99. The standard InChI is InChI=1S/C10H10ClNOS/c1-10(2,13)7-3-4-9(14-6-12)8(11)5-7/h3-5,13H,1-2H3. The normalized spacial score (nSPS) is 11.1. The highest BCUT2D eigenvalue weighted by Crippen LogP contribution is 2.30. The summed E-state index contributed by atoms with van der Waals surface area (Å²) in [5, 5.41) is 20.6. The topological polar surface area (TPSA) is 44.0 Å². The molecule has 0 aliphatic carbocycles. The van der Waals surface area contributed by atoms with Crippen LogP contribution in [-0.2, 0) is 5.60 Å². The molecule has 0 amide bonds.